The Morgan fingerprint density at radius 3 is 2.86 bits per heavy atom. The molecule has 1 atom stereocenters. The van der Waals surface area contributed by atoms with Gasteiger partial charge in [-0.05, 0) is 36.4 Å². The maximum atomic E-state index is 5.51. The molecule has 29 heavy (non-hydrogen) atoms. The van der Waals surface area contributed by atoms with Crippen LogP contribution in [0.3, 0.4) is 0 Å². The average Bonchev–Trinajstić information content (AvgIpc) is 3.42. The summed E-state index contributed by atoms with van der Waals surface area (Å²) in [6.45, 7) is 1.96. The molecule has 0 aliphatic carbocycles. The Morgan fingerprint density at radius 1 is 1.07 bits per heavy atom. The monoisotopic (exact) mass is 385 g/mol. The fourth-order valence-electron chi connectivity index (χ4n) is 3.98. The summed E-state index contributed by atoms with van der Waals surface area (Å²) in [6.07, 6.45) is 3.36. The van der Waals surface area contributed by atoms with Crippen LogP contribution >= 0.6 is 0 Å². The van der Waals surface area contributed by atoms with Crippen molar-refractivity contribution in [3.63, 3.8) is 0 Å². The first kappa shape index (κ1) is 16.3. The normalized spacial score (nSPS) is 18.8. The van der Waals surface area contributed by atoms with Gasteiger partial charge in [0.05, 0.1) is 42.9 Å². The molecule has 4 aromatic rings. The second-order valence-corrected chi connectivity index (χ2v) is 7.17. The molecule has 1 aromatic carbocycles. The third kappa shape index (κ3) is 2.68. The van der Waals surface area contributed by atoms with Crippen molar-refractivity contribution < 1.29 is 4.42 Å². The van der Waals surface area contributed by atoms with Crippen LogP contribution in [0.5, 0.6) is 0 Å². The number of pyridine rings is 1. The Kier molecular flexibility index (Phi) is 3.63. The van der Waals surface area contributed by atoms with Crippen molar-refractivity contribution in [3.8, 4) is 0 Å². The van der Waals surface area contributed by atoms with E-state index in [0.717, 1.165) is 34.4 Å². The third-order valence-electron chi connectivity index (χ3n) is 5.29. The van der Waals surface area contributed by atoms with E-state index in [0.29, 0.717) is 19.9 Å². The maximum Gasteiger partial charge on any atom is 0.216 e. The topological polar surface area (TPSA) is 74.7 Å². The summed E-state index contributed by atoms with van der Waals surface area (Å²) in [6, 6.07) is 18.0. The Labute approximate surface area is 167 Å². The molecule has 0 saturated carbocycles. The molecule has 3 aromatic heterocycles. The smallest absolute Gasteiger partial charge is 0.216 e. The average molecular weight is 385 g/mol. The lowest BCUT2D eigenvalue weighted by atomic mass is 10.2. The lowest BCUT2D eigenvalue weighted by Crippen LogP contribution is -2.57. The number of hydrogen-bond acceptors (Lipinski definition) is 7. The number of para-hydroxylation sites is 2. The number of furan rings is 1. The van der Waals surface area contributed by atoms with Crippen LogP contribution in [0.4, 0.5) is 5.95 Å². The molecular weight excluding hydrogens is 366 g/mol. The lowest BCUT2D eigenvalue weighted by molar-refractivity contribution is 0.242. The molecule has 0 fully saturated rings. The van der Waals surface area contributed by atoms with Gasteiger partial charge < -0.3 is 9.73 Å². The van der Waals surface area contributed by atoms with E-state index in [2.05, 4.69) is 30.7 Å². The number of nitrogens with zero attached hydrogens (tertiary/aromatic N) is 6. The third-order valence-corrected chi connectivity index (χ3v) is 5.29. The van der Waals surface area contributed by atoms with Gasteiger partial charge in [-0.2, -0.15) is 0 Å². The largest absolute Gasteiger partial charge is 0.468 e. The summed E-state index contributed by atoms with van der Waals surface area (Å²) >= 11 is 0. The molecule has 0 unspecified atom stereocenters. The van der Waals surface area contributed by atoms with Crippen molar-refractivity contribution in [2.45, 2.75) is 12.7 Å². The molecule has 2 aliphatic heterocycles. The number of rotatable bonds is 3. The highest BCUT2D eigenvalue weighted by Gasteiger charge is 2.36. The molecule has 1 N–H and O–H groups in total. The lowest BCUT2D eigenvalue weighted by Gasteiger charge is -2.41. The number of nitrogens with one attached hydrogen (secondary N) is 1. The van der Waals surface area contributed by atoms with Crippen molar-refractivity contribution in [2.75, 3.05) is 18.2 Å². The number of imidazole rings is 1. The Balaban J connectivity index is 1.44. The first-order chi connectivity index (χ1) is 14.4. The van der Waals surface area contributed by atoms with Gasteiger partial charge in [-0.25, -0.2) is 9.98 Å². The summed E-state index contributed by atoms with van der Waals surface area (Å²) in [5.41, 5.74) is 2.94. The molecule has 5 heterocycles. The van der Waals surface area contributed by atoms with E-state index in [4.69, 9.17) is 14.4 Å². The van der Waals surface area contributed by atoms with Crippen LogP contribution in [0.1, 0.15) is 17.6 Å². The standard InChI is InChI=1S/C21H19N7O/c1-2-9-18-16(7-1)24-21-27-14-26(12-15-6-5-11-29-15)13-23-20(27)25-19(28(18)21)17-8-3-4-10-22-17/h1-11,19H,12-14H2,(H,23,25)/t19-/m1/s1. The van der Waals surface area contributed by atoms with Gasteiger partial charge in [-0.15, -0.1) is 0 Å². The van der Waals surface area contributed by atoms with Gasteiger partial charge in [0, 0.05) is 6.20 Å². The molecule has 2 aliphatic rings. The second kappa shape index (κ2) is 6.46. The van der Waals surface area contributed by atoms with E-state index >= 15 is 0 Å². The van der Waals surface area contributed by atoms with E-state index in [1.807, 2.05) is 54.7 Å². The van der Waals surface area contributed by atoms with Crippen LogP contribution in [0.2, 0.25) is 0 Å². The fourth-order valence-corrected chi connectivity index (χ4v) is 3.98. The Hall–Kier alpha value is -3.65. The number of benzene rings is 1. The molecule has 6 rings (SSSR count). The van der Waals surface area contributed by atoms with Gasteiger partial charge in [0.1, 0.15) is 5.76 Å². The van der Waals surface area contributed by atoms with Crippen LogP contribution in [0.15, 0.2) is 76.5 Å². The quantitative estimate of drug-likeness (QED) is 0.585. The zero-order valence-electron chi connectivity index (χ0n) is 15.6. The highest BCUT2D eigenvalue weighted by molar-refractivity contribution is 5.98. The predicted octanol–water partition coefficient (Wildman–Crippen LogP) is 2.77. The zero-order chi connectivity index (χ0) is 19.2. The van der Waals surface area contributed by atoms with Crippen molar-refractivity contribution in [1.82, 2.24) is 24.8 Å². The molecule has 0 saturated heterocycles. The minimum Gasteiger partial charge on any atom is -0.468 e. The number of hydrogen-bond donors (Lipinski definition) is 1. The van der Waals surface area contributed by atoms with E-state index in [9.17, 15) is 0 Å². The summed E-state index contributed by atoms with van der Waals surface area (Å²) in [5, 5.41) is 3.57. The van der Waals surface area contributed by atoms with Crippen LogP contribution in [0.25, 0.3) is 11.0 Å². The number of anilines is 1. The summed E-state index contributed by atoms with van der Waals surface area (Å²) in [5.74, 6) is 2.61. The first-order valence-corrected chi connectivity index (χ1v) is 9.58. The SMILES string of the molecule is c1ccc([C@@H]2NC3=NCN(Cc4ccco4)CN3c3nc4ccccc4n32)nc1. The van der Waals surface area contributed by atoms with E-state index in [-0.39, 0.29) is 6.17 Å². The molecular formula is C21H19N7O. The van der Waals surface area contributed by atoms with Gasteiger partial charge in [0.25, 0.3) is 0 Å². The van der Waals surface area contributed by atoms with Crippen molar-refractivity contribution in [1.29, 1.82) is 0 Å². The first-order valence-electron chi connectivity index (χ1n) is 9.58. The molecule has 0 radical (unpaired) electrons. The minimum absolute atomic E-state index is 0.162. The van der Waals surface area contributed by atoms with Crippen molar-refractivity contribution in [2.24, 2.45) is 4.99 Å². The van der Waals surface area contributed by atoms with E-state index < -0.39 is 0 Å². The second-order valence-electron chi connectivity index (χ2n) is 7.17. The number of aromatic nitrogens is 3. The Bertz CT molecular complexity index is 1180. The van der Waals surface area contributed by atoms with Gasteiger partial charge in [-0.3, -0.25) is 19.4 Å². The van der Waals surface area contributed by atoms with Gasteiger partial charge in [0.15, 0.2) is 6.17 Å². The molecule has 0 spiro atoms. The highest BCUT2D eigenvalue weighted by atomic mass is 16.3. The Morgan fingerprint density at radius 2 is 2.00 bits per heavy atom. The summed E-state index contributed by atoms with van der Waals surface area (Å²) in [4.78, 5) is 18.6. The molecule has 8 heteroatoms. The van der Waals surface area contributed by atoms with Crippen LogP contribution in [0, 0.1) is 0 Å². The predicted molar refractivity (Wildman–Crippen MR) is 109 cm³/mol. The summed E-state index contributed by atoms with van der Waals surface area (Å²) < 4.78 is 7.71. The van der Waals surface area contributed by atoms with Gasteiger partial charge in [0.2, 0.25) is 11.9 Å². The van der Waals surface area contributed by atoms with Crippen molar-refractivity contribution >= 4 is 22.9 Å². The van der Waals surface area contributed by atoms with Crippen LogP contribution in [-0.4, -0.2) is 38.7 Å². The fraction of sp³-hybridized carbons (Fsp3) is 0.190. The number of aliphatic imine (C=N–C) groups is 1. The van der Waals surface area contributed by atoms with Crippen molar-refractivity contribution in [3.05, 3.63) is 78.5 Å². The highest BCUT2D eigenvalue weighted by Crippen LogP contribution is 2.33. The van der Waals surface area contributed by atoms with E-state index in [1.165, 1.54) is 0 Å². The van der Waals surface area contributed by atoms with E-state index in [1.54, 1.807) is 6.26 Å². The summed E-state index contributed by atoms with van der Waals surface area (Å²) in [7, 11) is 0. The molecule has 0 amide bonds. The molecule has 0 bridgehead atoms. The zero-order valence-corrected chi connectivity index (χ0v) is 15.6. The van der Waals surface area contributed by atoms with Gasteiger partial charge in [-0.1, -0.05) is 18.2 Å². The number of fused-ring (bicyclic) bond motifs is 5. The molecule has 144 valence electrons. The maximum absolute atomic E-state index is 5.51. The van der Waals surface area contributed by atoms with Crippen LogP contribution < -0.4 is 10.2 Å². The number of guanidine groups is 1. The molecule has 8 nitrogen and oxygen atoms in total. The minimum atomic E-state index is -0.162. The van der Waals surface area contributed by atoms with Crippen LogP contribution in [-0.2, 0) is 6.54 Å². The van der Waals surface area contributed by atoms with Gasteiger partial charge >= 0.3 is 0 Å².